The zero-order chi connectivity index (χ0) is 34.1. The molecular formula is C36H50N2O9. The number of aliphatic hydroxyl groups is 2. The van der Waals surface area contributed by atoms with Crippen LogP contribution in [0.25, 0.3) is 6.08 Å². The van der Waals surface area contributed by atoms with Gasteiger partial charge < -0.3 is 38.5 Å². The van der Waals surface area contributed by atoms with Gasteiger partial charge in [-0.2, -0.15) is 0 Å². The number of aryl methyl sites for hydroxylation is 1. The fourth-order valence-corrected chi connectivity index (χ4v) is 7.59. The Labute approximate surface area is 277 Å². The molecule has 1 aromatic rings. The molecular weight excluding hydrogens is 604 g/mol. The molecule has 11 nitrogen and oxygen atoms in total. The number of aliphatic hydroxyl groups excluding tert-OH is 2. The lowest BCUT2D eigenvalue weighted by atomic mass is 9.65. The van der Waals surface area contributed by atoms with Crippen LogP contribution in [0.5, 0.6) is 0 Å². The van der Waals surface area contributed by atoms with Crippen LogP contribution < -0.4 is 0 Å². The van der Waals surface area contributed by atoms with E-state index in [1.165, 1.54) is 18.6 Å². The molecule has 258 valence electrons. The van der Waals surface area contributed by atoms with Crippen LogP contribution in [0.4, 0.5) is 0 Å². The first-order valence-corrected chi connectivity index (χ1v) is 16.6. The Kier molecular flexibility index (Phi) is 10.6. The van der Waals surface area contributed by atoms with Crippen LogP contribution in [0.2, 0.25) is 0 Å². The monoisotopic (exact) mass is 654 g/mol. The Hall–Kier alpha value is -3.09. The quantitative estimate of drug-likeness (QED) is 0.228. The summed E-state index contributed by atoms with van der Waals surface area (Å²) in [4.78, 5) is 29.4. The average molecular weight is 655 g/mol. The van der Waals surface area contributed by atoms with Gasteiger partial charge in [0.05, 0.1) is 30.8 Å². The highest BCUT2D eigenvalue weighted by molar-refractivity contribution is 5.86. The van der Waals surface area contributed by atoms with Crippen LogP contribution >= 0.6 is 0 Å². The fraction of sp³-hybridized carbons (Fsp3) is 0.639. The molecule has 0 radical (unpaired) electrons. The number of esters is 2. The topological polar surface area (TPSA) is 139 Å². The van der Waals surface area contributed by atoms with Crippen molar-refractivity contribution in [2.45, 2.75) is 102 Å². The number of hydrogen-bond donors (Lipinski definition) is 2. The Morgan fingerprint density at radius 1 is 1.21 bits per heavy atom. The van der Waals surface area contributed by atoms with E-state index in [9.17, 15) is 19.8 Å². The van der Waals surface area contributed by atoms with Crippen molar-refractivity contribution in [1.29, 1.82) is 0 Å². The Morgan fingerprint density at radius 3 is 2.64 bits per heavy atom. The Balaban J connectivity index is 1.49. The van der Waals surface area contributed by atoms with Crippen molar-refractivity contribution in [3.8, 4) is 0 Å². The molecule has 47 heavy (non-hydrogen) atoms. The van der Waals surface area contributed by atoms with E-state index in [1.54, 1.807) is 24.1 Å². The summed E-state index contributed by atoms with van der Waals surface area (Å²) >= 11 is 0. The Bertz CT molecular complexity index is 1430. The van der Waals surface area contributed by atoms with Gasteiger partial charge in [0, 0.05) is 38.9 Å². The highest BCUT2D eigenvalue weighted by Gasteiger charge is 2.54. The molecule has 0 unspecified atom stereocenters. The molecule has 0 saturated heterocycles. The minimum absolute atomic E-state index is 0.0474. The zero-order valence-corrected chi connectivity index (χ0v) is 28.5. The number of methoxy groups -OCH3 is 1. The maximum atomic E-state index is 13.3. The number of hydrogen-bond acceptors (Lipinski definition) is 10. The molecule has 2 bridgehead atoms. The molecule has 5 rings (SSSR count). The first kappa shape index (κ1) is 35.2. The number of allylic oxidation sites excluding steroid dienone is 3. The minimum atomic E-state index is -1.32. The number of imidazole rings is 1. The van der Waals surface area contributed by atoms with E-state index in [4.69, 9.17) is 23.7 Å². The van der Waals surface area contributed by atoms with Gasteiger partial charge in [-0.15, -0.1) is 0 Å². The van der Waals surface area contributed by atoms with Crippen molar-refractivity contribution < 1.29 is 43.5 Å². The molecule has 3 heterocycles. The predicted molar refractivity (Wildman–Crippen MR) is 173 cm³/mol. The minimum Gasteiger partial charge on any atom is -0.457 e. The summed E-state index contributed by atoms with van der Waals surface area (Å²) in [5.41, 5.74) is 1.58. The van der Waals surface area contributed by atoms with Gasteiger partial charge in [0.25, 0.3) is 0 Å². The largest absolute Gasteiger partial charge is 0.457 e. The van der Waals surface area contributed by atoms with Crippen molar-refractivity contribution in [3.63, 3.8) is 0 Å². The molecule has 1 saturated carbocycles. The lowest BCUT2D eigenvalue weighted by Gasteiger charge is -2.41. The third-order valence-electron chi connectivity index (χ3n) is 10.3. The van der Waals surface area contributed by atoms with E-state index < -0.39 is 53.8 Å². The van der Waals surface area contributed by atoms with Gasteiger partial charge in [0.2, 0.25) is 5.79 Å². The average Bonchev–Trinajstić information content (AvgIpc) is 3.61. The summed E-state index contributed by atoms with van der Waals surface area (Å²) in [5, 5.41) is 21.0. The second kappa shape index (κ2) is 14.2. The van der Waals surface area contributed by atoms with Crippen molar-refractivity contribution in [1.82, 2.24) is 9.55 Å². The van der Waals surface area contributed by atoms with Crippen molar-refractivity contribution in [2.75, 3.05) is 13.7 Å². The highest BCUT2D eigenvalue weighted by atomic mass is 16.7. The van der Waals surface area contributed by atoms with Gasteiger partial charge >= 0.3 is 11.9 Å². The van der Waals surface area contributed by atoms with Gasteiger partial charge in [-0.1, -0.05) is 31.6 Å². The van der Waals surface area contributed by atoms with Crippen molar-refractivity contribution in [3.05, 3.63) is 59.7 Å². The van der Waals surface area contributed by atoms with Crippen LogP contribution in [0.3, 0.4) is 0 Å². The molecule has 0 aromatic carbocycles. The second-order valence-electron chi connectivity index (χ2n) is 14.0. The highest BCUT2D eigenvalue weighted by Crippen LogP contribution is 2.50. The Morgan fingerprint density at radius 2 is 1.98 bits per heavy atom. The molecule has 11 heteroatoms. The maximum Gasteiger partial charge on any atom is 0.331 e. The van der Waals surface area contributed by atoms with Gasteiger partial charge in [-0.05, 0) is 81.4 Å². The van der Waals surface area contributed by atoms with E-state index in [1.807, 2.05) is 32.3 Å². The number of ether oxygens (including phenoxy) is 5. The van der Waals surface area contributed by atoms with Gasteiger partial charge in [0.1, 0.15) is 17.8 Å². The smallest absolute Gasteiger partial charge is 0.331 e. The summed E-state index contributed by atoms with van der Waals surface area (Å²) < 4.78 is 32.9. The number of nitrogens with zero attached hydrogens (tertiary/aromatic N) is 2. The summed E-state index contributed by atoms with van der Waals surface area (Å²) in [6.45, 7) is 9.82. The van der Waals surface area contributed by atoms with E-state index >= 15 is 0 Å². The number of aromatic nitrogens is 2. The standard InChI is InChI=1S/C36H50N2O9/c1-21(2)26-10-8-22(3)27-17-31(46-32(41)13-9-25-18-38(6)20-37-25)35(5)14-15-36(43-7,47-35)24(16-28(26)27)19-44-30-12-11-29(40)33(42)34(30)45-23(4)39/h8-9,13-16,18,20-21,26-31,33-34,40,42H,10-12,17,19H2,1-7H3/b13-9+,24-16?/t26-,27+,28-,29-,30-,31+,33-,34+,35+,36-/m1/s1. The molecule has 1 aromatic heterocycles. The normalized spacial score (nSPS) is 37.1. The first-order chi connectivity index (χ1) is 22.2. The van der Waals surface area contributed by atoms with E-state index in [0.717, 1.165) is 12.0 Å². The summed E-state index contributed by atoms with van der Waals surface area (Å²) in [7, 11) is 3.44. The molecule has 1 fully saturated rings. The third kappa shape index (κ3) is 7.49. The lowest BCUT2D eigenvalue weighted by molar-refractivity contribution is -0.230. The van der Waals surface area contributed by atoms with E-state index in [2.05, 4.69) is 37.9 Å². The SMILES string of the molecule is CO[C@]12C=C[C@](C)(O1)[C@@H](OC(=O)/C=C/c1cn(C)cn1)C[C@H]1C(C)=CC[C@H](C(C)C)[C@H]1C=C2CO[C@@H]1CC[C@@H](O)[C@@H](O)[C@H]1OC(C)=O. The lowest BCUT2D eigenvalue weighted by Crippen LogP contribution is -2.52. The molecule has 2 aliphatic heterocycles. The maximum absolute atomic E-state index is 13.3. The first-order valence-electron chi connectivity index (χ1n) is 16.6. The third-order valence-corrected chi connectivity index (χ3v) is 10.3. The van der Waals surface area contributed by atoms with Crippen LogP contribution in [0.15, 0.2) is 54.1 Å². The van der Waals surface area contributed by atoms with Crippen LogP contribution in [0, 0.1) is 23.7 Å². The molecule has 0 amide bonds. The van der Waals surface area contributed by atoms with Gasteiger partial charge in [0.15, 0.2) is 6.10 Å². The second-order valence-corrected chi connectivity index (χ2v) is 14.0. The summed E-state index contributed by atoms with van der Waals surface area (Å²) in [6, 6.07) is 0. The van der Waals surface area contributed by atoms with Gasteiger partial charge in [-0.3, -0.25) is 4.79 Å². The van der Waals surface area contributed by atoms with Crippen LogP contribution in [-0.2, 0) is 40.3 Å². The molecule has 2 N–H and O–H groups in total. The van der Waals surface area contributed by atoms with Crippen molar-refractivity contribution in [2.24, 2.45) is 30.7 Å². The van der Waals surface area contributed by atoms with Crippen LogP contribution in [0.1, 0.15) is 66.0 Å². The fourth-order valence-electron chi connectivity index (χ4n) is 7.59. The number of fused-ring (bicyclic) bond motifs is 3. The molecule has 10 atom stereocenters. The van der Waals surface area contributed by atoms with Gasteiger partial charge in [-0.25, -0.2) is 9.78 Å². The summed E-state index contributed by atoms with van der Waals surface area (Å²) in [6.07, 6.45) is 12.3. The number of carbonyl (C=O) groups excluding carboxylic acids is 2. The zero-order valence-electron chi connectivity index (χ0n) is 28.5. The van der Waals surface area contributed by atoms with Crippen LogP contribution in [-0.4, -0.2) is 87.3 Å². The van der Waals surface area contributed by atoms with E-state index in [-0.39, 0.29) is 18.4 Å². The number of carbonyl (C=O) groups is 2. The number of rotatable bonds is 9. The predicted octanol–water partition coefficient (Wildman–Crippen LogP) is 4.05. The molecule has 4 aliphatic rings. The van der Waals surface area contributed by atoms with E-state index in [0.29, 0.717) is 36.8 Å². The molecule has 2 aliphatic carbocycles. The summed E-state index contributed by atoms with van der Waals surface area (Å²) in [5.74, 6) is -1.62. The molecule has 0 spiro atoms. The van der Waals surface area contributed by atoms with Crippen molar-refractivity contribution >= 4 is 18.0 Å².